The molecule has 0 N–H and O–H groups in total. The summed E-state index contributed by atoms with van der Waals surface area (Å²) in [4.78, 5) is 30.5. The largest absolute Gasteiger partial charge is 0.464 e. The predicted octanol–water partition coefficient (Wildman–Crippen LogP) is 4.38. The van der Waals surface area contributed by atoms with Crippen molar-refractivity contribution in [3.8, 4) is 0 Å². The molecule has 7 heteroatoms. The number of amides is 1. The van der Waals surface area contributed by atoms with Gasteiger partial charge in [0.05, 0.1) is 13.7 Å². The van der Waals surface area contributed by atoms with Gasteiger partial charge in [-0.25, -0.2) is 9.78 Å². The summed E-state index contributed by atoms with van der Waals surface area (Å²) in [6, 6.07) is 7.31. The number of carbonyl (C=O) groups excluding carboxylic acids is 2. The van der Waals surface area contributed by atoms with Gasteiger partial charge in [0.15, 0.2) is 5.69 Å². The van der Waals surface area contributed by atoms with Gasteiger partial charge in [0.2, 0.25) is 0 Å². The number of ether oxygens (including phenoxy) is 1. The number of thiazole rings is 1. The lowest BCUT2D eigenvalue weighted by atomic mass is 10.1. The summed E-state index contributed by atoms with van der Waals surface area (Å²) in [6.45, 7) is 5.27. The number of benzene rings is 1. The molecule has 1 amide bonds. The van der Waals surface area contributed by atoms with E-state index in [1.54, 1.807) is 22.4 Å². The smallest absolute Gasteiger partial charge is 0.357 e. The molecule has 0 atom stereocenters. The Hall–Kier alpha value is -1.73. The summed E-state index contributed by atoms with van der Waals surface area (Å²) < 4.78 is 5.61. The van der Waals surface area contributed by atoms with Gasteiger partial charge in [-0.2, -0.15) is 0 Å². The molecule has 5 nitrogen and oxygen atoms in total. The molecule has 0 saturated heterocycles. The second kappa shape index (κ2) is 9.10. The second-order valence-corrected chi connectivity index (χ2v) is 7.89. The molecule has 1 aromatic carbocycles. The monoisotopic (exact) mass is 424 g/mol. The second-order valence-electron chi connectivity index (χ2n) is 6.03. The standard InChI is InChI=1S/C18H21BrN2O3S/c1-12(2)8-9-21(17(22)13-4-6-14(19)7-5-13)10-16-20-15(11-25-16)18(23)24-3/h4-7,11-12H,8-10H2,1-3H3. The number of carbonyl (C=O) groups is 2. The van der Waals surface area contributed by atoms with E-state index in [0.717, 1.165) is 15.9 Å². The summed E-state index contributed by atoms with van der Waals surface area (Å²) in [7, 11) is 1.33. The zero-order valence-corrected chi connectivity index (χ0v) is 16.9. The molecule has 2 aromatic rings. The van der Waals surface area contributed by atoms with Crippen LogP contribution in [-0.2, 0) is 11.3 Å². The van der Waals surface area contributed by atoms with Gasteiger partial charge in [-0.05, 0) is 36.6 Å². The number of esters is 1. The first-order valence-corrected chi connectivity index (χ1v) is 9.65. The number of halogens is 1. The lowest BCUT2D eigenvalue weighted by molar-refractivity contribution is 0.0594. The molecule has 0 unspecified atom stereocenters. The van der Waals surface area contributed by atoms with Crippen LogP contribution in [0.15, 0.2) is 34.1 Å². The summed E-state index contributed by atoms with van der Waals surface area (Å²) in [6.07, 6.45) is 0.900. The SMILES string of the molecule is COC(=O)c1csc(CN(CCC(C)C)C(=O)c2ccc(Br)cc2)n1. The average molecular weight is 425 g/mol. The van der Waals surface area contributed by atoms with Crippen LogP contribution in [0.5, 0.6) is 0 Å². The van der Waals surface area contributed by atoms with Crippen molar-refractivity contribution in [3.05, 3.63) is 50.4 Å². The Morgan fingerprint density at radius 2 is 1.96 bits per heavy atom. The third-order valence-corrected chi connectivity index (χ3v) is 4.99. The van der Waals surface area contributed by atoms with E-state index in [1.807, 2.05) is 12.1 Å². The highest BCUT2D eigenvalue weighted by Crippen LogP contribution is 2.18. The molecule has 0 fully saturated rings. The van der Waals surface area contributed by atoms with Crippen molar-refractivity contribution in [1.82, 2.24) is 9.88 Å². The Balaban J connectivity index is 2.17. The number of hydrogen-bond donors (Lipinski definition) is 0. The molecular formula is C18H21BrN2O3S. The fraction of sp³-hybridized carbons (Fsp3) is 0.389. The van der Waals surface area contributed by atoms with E-state index < -0.39 is 5.97 Å². The topological polar surface area (TPSA) is 59.5 Å². The van der Waals surface area contributed by atoms with Crippen LogP contribution in [0.25, 0.3) is 0 Å². The zero-order chi connectivity index (χ0) is 18.4. The minimum atomic E-state index is -0.463. The van der Waals surface area contributed by atoms with Crippen molar-refractivity contribution in [3.63, 3.8) is 0 Å². The quantitative estimate of drug-likeness (QED) is 0.618. The van der Waals surface area contributed by atoms with E-state index >= 15 is 0 Å². The fourth-order valence-corrected chi connectivity index (χ4v) is 3.23. The summed E-state index contributed by atoms with van der Waals surface area (Å²) in [5, 5.41) is 2.38. The first-order chi connectivity index (χ1) is 11.9. The van der Waals surface area contributed by atoms with E-state index in [9.17, 15) is 9.59 Å². The minimum Gasteiger partial charge on any atom is -0.464 e. The van der Waals surface area contributed by atoms with Crippen molar-refractivity contribution >= 4 is 39.1 Å². The van der Waals surface area contributed by atoms with E-state index in [4.69, 9.17) is 0 Å². The molecule has 134 valence electrons. The van der Waals surface area contributed by atoms with Gasteiger partial charge in [0.1, 0.15) is 5.01 Å². The van der Waals surface area contributed by atoms with E-state index in [-0.39, 0.29) is 11.6 Å². The molecule has 0 aliphatic carbocycles. The van der Waals surface area contributed by atoms with Crippen molar-refractivity contribution in [1.29, 1.82) is 0 Å². The highest BCUT2D eigenvalue weighted by molar-refractivity contribution is 9.10. The third-order valence-electron chi connectivity index (χ3n) is 3.63. The maximum Gasteiger partial charge on any atom is 0.357 e. The highest BCUT2D eigenvalue weighted by Gasteiger charge is 2.19. The fourth-order valence-electron chi connectivity index (χ4n) is 2.19. The maximum atomic E-state index is 12.9. The summed E-state index contributed by atoms with van der Waals surface area (Å²) in [5.41, 5.74) is 0.916. The van der Waals surface area contributed by atoms with Crippen LogP contribution in [0.1, 0.15) is 46.1 Å². The Kier molecular flexibility index (Phi) is 7.13. The summed E-state index contributed by atoms with van der Waals surface area (Å²) in [5.74, 6) is -0.0134. The molecule has 0 aliphatic heterocycles. The Labute approximate surface area is 160 Å². The van der Waals surface area contributed by atoms with Crippen LogP contribution in [0.3, 0.4) is 0 Å². The van der Waals surface area contributed by atoms with Crippen molar-refractivity contribution in [2.75, 3.05) is 13.7 Å². The van der Waals surface area contributed by atoms with Gasteiger partial charge in [0, 0.05) is 22.0 Å². The van der Waals surface area contributed by atoms with Crippen molar-refractivity contribution in [2.45, 2.75) is 26.8 Å². The molecule has 0 bridgehead atoms. The highest BCUT2D eigenvalue weighted by atomic mass is 79.9. The van der Waals surface area contributed by atoms with E-state index in [2.05, 4.69) is 39.5 Å². The zero-order valence-electron chi connectivity index (χ0n) is 14.5. The number of hydrogen-bond acceptors (Lipinski definition) is 5. The Morgan fingerprint density at radius 3 is 2.56 bits per heavy atom. The van der Waals surface area contributed by atoms with Gasteiger partial charge in [0.25, 0.3) is 5.91 Å². The number of rotatable bonds is 7. The van der Waals surface area contributed by atoms with Gasteiger partial charge in [-0.15, -0.1) is 11.3 Å². The van der Waals surface area contributed by atoms with Gasteiger partial charge >= 0.3 is 5.97 Å². The molecule has 0 radical (unpaired) electrons. The predicted molar refractivity (Wildman–Crippen MR) is 102 cm³/mol. The van der Waals surface area contributed by atoms with Crippen LogP contribution in [0, 0.1) is 5.92 Å². The maximum absolute atomic E-state index is 12.9. The third kappa shape index (κ3) is 5.64. The first-order valence-electron chi connectivity index (χ1n) is 7.98. The summed E-state index contributed by atoms with van der Waals surface area (Å²) >= 11 is 4.74. The van der Waals surface area contributed by atoms with Crippen LogP contribution in [0.2, 0.25) is 0 Å². The molecule has 1 aromatic heterocycles. The van der Waals surface area contributed by atoms with Crippen molar-refractivity contribution < 1.29 is 14.3 Å². The lowest BCUT2D eigenvalue weighted by Crippen LogP contribution is -2.32. The van der Waals surface area contributed by atoms with Crippen LogP contribution in [-0.4, -0.2) is 35.4 Å². The number of aromatic nitrogens is 1. The van der Waals surface area contributed by atoms with Crippen LogP contribution >= 0.6 is 27.3 Å². The lowest BCUT2D eigenvalue weighted by Gasteiger charge is -2.23. The van der Waals surface area contributed by atoms with E-state index in [0.29, 0.717) is 24.6 Å². The van der Waals surface area contributed by atoms with Gasteiger partial charge < -0.3 is 9.64 Å². The van der Waals surface area contributed by atoms with Gasteiger partial charge in [-0.1, -0.05) is 29.8 Å². The molecule has 2 rings (SSSR count). The molecule has 0 saturated carbocycles. The van der Waals surface area contributed by atoms with E-state index in [1.165, 1.54) is 18.4 Å². The normalized spacial score (nSPS) is 10.8. The van der Waals surface area contributed by atoms with Crippen molar-refractivity contribution in [2.24, 2.45) is 5.92 Å². The number of methoxy groups -OCH3 is 1. The van der Waals surface area contributed by atoms with Crippen LogP contribution < -0.4 is 0 Å². The molecule has 1 heterocycles. The minimum absolute atomic E-state index is 0.0389. The molecule has 25 heavy (non-hydrogen) atoms. The van der Waals surface area contributed by atoms with Crippen LogP contribution in [0.4, 0.5) is 0 Å². The molecule has 0 aliphatic rings. The first kappa shape index (κ1) is 19.6. The number of nitrogens with zero attached hydrogens (tertiary/aromatic N) is 2. The average Bonchev–Trinajstić information content (AvgIpc) is 3.06. The van der Waals surface area contributed by atoms with Gasteiger partial charge in [-0.3, -0.25) is 4.79 Å². The Morgan fingerprint density at radius 1 is 1.28 bits per heavy atom. The molecular weight excluding hydrogens is 404 g/mol. The molecule has 0 spiro atoms. The Bertz CT molecular complexity index is 728.